The van der Waals surface area contributed by atoms with Crippen LogP contribution in [0.2, 0.25) is 0 Å². The smallest absolute Gasteiger partial charge is 0.217 e. The van der Waals surface area contributed by atoms with Gasteiger partial charge in [-0.3, -0.25) is 4.79 Å². The lowest BCUT2D eigenvalue weighted by Crippen LogP contribution is -2.55. The first-order valence-corrected chi connectivity index (χ1v) is 16.9. The van der Waals surface area contributed by atoms with E-state index in [0.29, 0.717) is 10.8 Å². The van der Waals surface area contributed by atoms with Crippen LogP contribution in [0.1, 0.15) is 57.4 Å². The zero-order chi connectivity index (χ0) is 28.6. The maximum absolute atomic E-state index is 12.5. The van der Waals surface area contributed by atoms with Gasteiger partial charge in [0.25, 0.3) is 0 Å². The predicted octanol–water partition coefficient (Wildman–Crippen LogP) is 4.54. The van der Waals surface area contributed by atoms with Gasteiger partial charge < -0.3 is 15.1 Å². The van der Waals surface area contributed by atoms with Gasteiger partial charge in [0, 0.05) is 50.1 Å². The third kappa shape index (κ3) is 5.51. The van der Waals surface area contributed by atoms with Crippen molar-refractivity contribution in [3.05, 3.63) is 60.2 Å². The van der Waals surface area contributed by atoms with Crippen molar-refractivity contribution >= 4 is 21.4 Å². The summed E-state index contributed by atoms with van der Waals surface area (Å²) in [6.07, 6.45) is 6.50. The van der Waals surface area contributed by atoms with Crippen LogP contribution < -0.4 is 10.2 Å². The number of rotatable bonds is 9. The predicted molar refractivity (Wildman–Crippen MR) is 160 cm³/mol. The Morgan fingerprint density at radius 1 is 0.976 bits per heavy atom. The van der Waals surface area contributed by atoms with E-state index in [4.69, 9.17) is 0 Å². The number of nitrogens with zero attached hydrogens (tertiary/aromatic N) is 3. The van der Waals surface area contributed by atoms with E-state index in [1.165, 1.54) is 0 Å². The molecule has 1 N–H and O–H groups in total. The number of carbonyl (C=O) groups is 1. The Morgan fingerprint density at radius 3 is 2.27 bits per heavy atom. The zero-order valence-corrected chi connectivity index (χ0v) is 24.9. The first kappa shape index (κ1) is 28.2. The Hall–Kier alpha value is -2.89. The van der Waals surface area contributed by atoms with Gasteiger partial charge in [-0.2, -0.15) is 5.26 Å². The number of nitriles is 1. The van der Waals surface area contributed by atoms with Crippen molar-refractivity contribution in [3.63, 3.8) is 0 Å². The van der Waals surface area contributed by atoms with Crippen molar-refractivity contribution < 1.29 is 13.2 Å². The number of hydrogen-bond acceptors (Lipinski definition) is 6. The number of sulfone groups is 1. The number of nitrogens with one attached hydrogen (secondary N) is 1. The monoisotopic (exact) mass is 574 g/mol. The van der Waals surface area contributed by atoms with E-state index in [2.05, 4.69) is 33.3 Å². The number of amides is 1. The minimum Gasteiger partial charge on any atom is -0.371 e. The Kier molecular flexibility index (Phi) is 7.86. The number of likely N-dealkylation sites (tertiary alicyclic amines) is 1. The number of hydrogen-bond donors (Lipinski definition) is 1. The Labute approximate surface area is 244 Å². The largest absolute Gasteiger partial charge is 0.371 e. The molecule has 1 amide bonds. The average Bonchev–Trinajstić information content (AvgIpc) is 3.74. The lowest BCUT2D eigenvalue weighted by Gasteiger charge is -2.48. The number of benzene rings is 2. The van der Waals surface area contributed by atoms with Crippen molar-refractivity contribution in [3.8, 4) is 6.07 Å². The molecule has 7 nitrogen and oxygen atoms in total. The van der Waals surface area contributed by atoms with Gasteiger partial charge in [-0.15, -0.1) is 0 Å². The van der Waals surface area contributed by atoms with Gasteiger partial charge in [0.15, 0.2) is 9.84 Å². The van der Waals surface area contributed by atoms with Crippen LogP contribution in [0.5, 0.6) is 0 Å². The molecule has 0 spiro atoms. The highest BCUT2D eigenvalue weighted by atomic mass is 32.2. The van der Waals surface area contributed by atoms with Crippen molar-refractivity contribution in [2.24, 2.45) is 17.8 Å². The zero-order valence-electron chi connectivity index (χ0n) is 24.0. The van der Waals surface area contributed by atoms with Gasteiger partial charge in [0.1, 0.15) is 0 Å². The SMILES string of the molecule is CC(=O)N[C@H]1CCC[C@@H]1C(C#N)(c1ccccc1)C1CCN(CC2CN(c3ccc(S(=O)(=O)C4CC4)cc3)C2)CC1. The second-order valence-electron chi connectivity index (χ2n) is 12.8. The molecule has 4 fully saturated rings. The summed E-state index contributed by atoms with van der Waals surface area (Å²) in [6.45, 7) is 6.59. The van der Waals surface area contributed by atoms with Crippen LogP contribution in [0.4, 0.5) is 5.69 Å². The molecule has 218 valence electrons. The third-order valence-electron chi connectivity index (χ3n) is 10.1. The maximum Gasteiger partial charge on any atom is 0.217 e. The molecule has 1 unspecified atom stereocenters. The molecule has 4 aliphatic rings. The topological polar surface area (TPSA) is 93.5 Å². The number of anilines is 1. The molecular weight excluding hydrogens is 532 g/mol. The van der Waals surface area contributed by atoms with Crippen molar-refractivity contribution in [2.75, 3.05) is 37.6 Å². The molecule has 2 heterocycles. The molecule has 2 aromatic carbocycles. The average molecular weight is 575 g/mol. The minimum atomic E-state index is -3.14. The summed E-state index contributed by atoms with van der Waals surface area (Å²) in [5.74, 6) is 0.968. The molecule has 0 aromatic heterocycles. The van der Waals surface area contributed by atoms with E-state index in [9.17, 15) is 18.5 Å². The highest BCUT2D eigenvalue weighted by molar-refractivity contribution is 7.92. The molecule has 2 saturated carbocycles. The summed E-state index contributed by atoms with van der Waals surface area (Å²) in [5, 5.41) is 13.9. The van der Waals surface area contributed by atoms with Crippen LogP contribution in [-0.4, -0.2) is 63.2 Å². The normalized spacial score (nSPS) is 25.7. The van der Waals surface area contributed by atoms with Crippen molar-refractivity contribution in [1.82, 2.24) is 10.2 Å². The first-order chi connectivity index (χ1) is 19.8. The van der Waals surface area contributed by atoms with E-state index in [-0.39, 0.29) is 29.0 Å². The fourth-order valence-corrected chi connectivity index (χ4v) is 9.55. The van der Waals surface area contributed by atoms with E-state index < -0.39 is 15.3 Å². The van der Waals surface area contributed by atoms with E-state index >= 15 is 0 Å². The molecule has 2 aromatic rings. The van der Waals surface area contributed by atoms with Crippen LogP contribution in [-0.2, 0) is 20.0 Å². The van der Waals surface area contributed by atoms with Gasteiger partial charge >= 0.3 is 0 Å². The number of piperidine rings is 1. The fourth-order valence-electron chi connectivity index (χ4n) is 7.89. The highest BCUT2D eigenvalue weighted by Crippen LogP contribution is 2.50. The second kappa shape index (κ2) is 11.4. The van der Waals surface area contributed by atoms with Crippen LogP contribution >= 0.6 is 0 Å². The summed E-state index contributed by atoms with van der Waals surface area (Å²) in [7, 11) is -3.14. The quantitative estimate of drug-likeness (QED) is 0.473. The van der Waals surface area contributed by atoms with Gasteiger partial charge in [0.2, 0.25) is 5.91 Å². The molecule has 3 atom stereocenters. The molecule has 0 bridgehead atoms. The summed E-state index contributed by atoms with van der Waals surface area (Å²) in [5.41, 5.74) is 1.61. The highest BCUT2D eigenvalue weighted by Gasteiger charge is 2.52. The van der Waals surface area contributed by atoms with Crippen LogP contribution in [0.25, 0.3) is 0 Å². The summed E-state index contributed by atoms with van der Waals surface area (Å²) >= 11 is 0. The van der Waals surface area contributed by atoms with Crippen LogP contribution in [0.15, 0.2) is 59.5 Å². The first-order valence-electron chi connectivity index (χ1n) is 15.4. The van der Waals surface area contributed by atoms with Gasteiger partial charge in [-0.1, -0.05) is 36.8 Å². The Balaban J connectivity index is 1.07. The lowest BCUT2D eigenvalue weighted by molar-refractivity contribution is -0.120. The Bertz CT molecular complexity index is 1370. The summed E-state index contributed by atoms with van der Waals surface area (Å²) in [6, 6.07) is 20.7. The lowest BCUT2D eigenvalue weighted by atomic mass is 9.59. The molecule has 41 heavy (non-hydrogen) atoms. The summed E-state index contributed by atoms with van der Waals surface area (Å²) < 4.78 is 25.0. The van der Waals surface area contributed by atoms with E-state index in [1.807, 2.05) is 30.3 Å². The third-order valence-corrected chi connectivity index (χ3v) is 12.4. The molecular formula is C33H42N4O3S. The molecule has 2 aliphatic carbocycles. The molecule has 6 rings (SSSR count). The van der Waals surface area contributed by atoms with Gasteiger partial charge in [0.05, 0.1) is 21.6 Å². The minimum absolute atomic E-state index is 0.00889. The van der Waals surface area contributed by atoms with Crippen LogP contribution in [0.3, 0.4) is 0 Å². The Morgan fingerprint density at radius 2 is 1.66 bits per heavy atom. The second-order valence-corrected chi connectivity index (χ2v) is 15.0. The molecule has 0 radical (unpaired) electrons. The fraction of sp³-hybridized carbons (Fsp3) is 0.576. The van der Waals surface area contributed by atoms with Crippen LogP contribution in [0, 0.1) is 29.1 Å². The standard InChI is InChI=1S/C33H42N4O3S/c1-24(38)35-32-9-5-8-31(32)33(23-34,26-6-3-2-4-7-26)27-16-18-36(19-17-27)20-25-21-37(22-25)28-10-12-29(13-11-28)41(39,40)30-14-15-30/h2-4,6-7,10-13,25,27,30-32H,5,8-9,14-22H2,1H3,(H,35,38)/t31-,32-,33?/m0/s1. The molecule has 2 aliphatic heterocycles. The van der Waals surface area contributed by atoms with Crippen molar-refractivity contribution in [1.29, 1.82) is 5.26 Å². The van der Waals surface area contributed by atoms with E-state index in [0.717, 1.165) is 88.9 Å². The maximum atomic E-state index is 12.5. The van der Waals surface area contributed by atoms with Gasteiger partial charge in [-0.05, 0) is 87.4 Å². The molecule has 8 heteroatoms. The van der Waals surface area contributed by atoms with Gasteiger partial charge in [-0.25, -0.2) is 8.42 Å². The number of carbonyl (C=O) groups excluding carboxylic acids is 1. The van der Waals surface area contributed by atoms with Crippen molar-refractivity contribution in [2.45, 2.75) is 73.5 Å². The summed E-state index contributed by atoms with van der Waals surface area (Å²) in [4.78, 5) is 17.4. The van der Waals surface area contributed by atoms with E-state index in [1.54, 1.807) is 19.1 Å². The molecule has 2 saturated heterocycles.